The number of amides is 1. The summed E-state index contributed by atoms with van der Waals surface area (Å²) in [5.74, 6) is 1.16. The Balaban J connectivity index is 1.68. The van der Waals surface area contributed by atoms with Crippen molar-refractivity contribution in [3.63, 3.8) is 0 Å². The molecule has 8 nitrogen and oxygen atoms in total. The van der Waals surface area contributed by atoms with Crippen LogP contribution in [0.4, 0.5) is 11.4 Å². The van der Waals surface area contributed by atoms with Crippen molar-refractivity contribution in [2.24, 2.45) is 11.7 Å². The number of anilines is 2. The van der Waals surface area contributed by atoms with E-state index < -0.39 is 0 Å². The van der Waals surface area contributed by atoms with E-state index in [-0.39, 0.29) is 22.9 Å². The molecule has 4 rings (SSSR count). The summed E-state index contributed by atoms with van der Waals surface area (Å²) in [7, 11) is 0. The molecule has 1 amide bonds. The highest BCUT2D eigenvalue weighted by Gasteiger charge is 2.38. The molecule has 0 bridgehead atoms. The van der Waals surface area contributed by atoms with Gasteiger partial charge in [-0.1, -0.05) is 13.8 Å². The number of nitrogens with zero attached hydrogens (tertiary/aromatic N) is 3. The number of benzene rings is 1. The third-order valence-electron chi connectivity index (χ3n) is 6.10. The van der Waals surface area contributed by atoms with Gasteiger partial charge in [-0.15, -0.1) is 0 Å². The van der Waals surface area contributed by atoms with E-state index in [0.717, 1.165) is 42.2 Å². The minimum absolute atomic E-state index is 0.220. The van der Waals surface area contributed by atoms with E-state index in [1.165, 1.54) is 6.20 Å². The molecule has 31 heavy (non-hydrogen) atoms. The van der Waals surface area contributed by atoms with Gasteiger partial charge in [-0.05, 0) is 25.0 Å². The molecule has 2 aromatic rings. The first-order valence-corrected chi connectivity index (χ1v) is 10.6. The SMILES string of the molecule is CC(C)[C@]1(C)Cc2cc(NC(=O)C(=CN)c3ncccn3)c(N3CCOCC3)cc2O1. The highest BCUT2D eigenvalue weighted by atomic mass is 16.5. The van der Waals surface area contributed by atoms with Crippen LogP contribution in [0.15, 0.2) is 36.8 Å². The summed E-state index contributed by atoms with van der Waals surface area (Å²) in [5.41, 5.74) is 8.41. The molecular weight excluding hydrogens is 394 g/mol. The second-order valence-corrected chi connectivity index (χ2v) is 8.43. The molecule has 2 aliphatic heterocycles. The monoisotopic (exact) mass is 423 g/mol. The first kappa shape index (κ1) is 21.1. The van der Waals surface area contributed by atoms with E-state index in [1.807, 2.05) is 12.1 Å². The van der Waals surface area contributed by atoms with Gasteiger partial charge in [-0.25, -0.2) is 9.97 Å². The van der Waals surface area contributed by atoms with Crippen molar-refractivity contribution in [3.8, 4) is 5.75 Å². The number of nitrogens with one attached hydrogen (secondary N) is 1. The van der Waals surface area contributed by atoms with E-state index in [2.05, 4.69) is 41.0 Å². The number of carbonyl (C=O) groups excluding carboxylic acids is 1. The topological polar surface area (TPSA) is 103 Å². The predicted octanol–water partition coefficient (Wildman–Crippen LogP) is 2.60. The smallest absolute Gasteiger partial charge is 0.261 e. The van der Waals surface area contributed by atoms with Crippen molar-refractivity contribution < 1.29 is 14.3 Å². The van der Waals surface area contributed by atoms with E-state index >= 15 is 0 Å². The third-order valence-corrected chi connectivity index (χ3v) is 6.10. The standard InChI is InChI=1S/C23H29N5O3/c1-15(2)23(3)13-16-11-18(19(12-20(16)31-23)28-7-9-30-10-8-28)27-22(29)17(14-24)21-25-5-4-6-26-21/h4-6,11-12,14-15H,7-10,13,24H2,1-3H3,(H,27,29)/t23-/m0/s1. The van der Waals surface area contributed by atoms with Crippen molar-refractivity contribution >= 4 is 22.9 Å². The number of rotatable bonds is 5. The highest BCUT2D eigenvalue weighted by Crippen LogP contribution is 2.44. The molecule has 1 saturated heterocycles. The van der Waals surface area contributed by atoms with Gasteiger partial charge in [0.1, 0.15) is 11.4 Å². The number of morpholine rings is 1. The van der Waals surface area contributed by atoms with Crippen LogP contribution < -0.4 is 20.7 Å². The molecule has 1 fully saturated rings. The number of nitrogens with two attached hydrogens (primary N) is 1. The Morgan fingerprint density at radius 1 is 1.26 bits per heavy atom. The maximum absolute atomic E-state index is 13.1. The molecular formula is C23H29N5O3. The Morgan fingerprint density at radius 2 is 1.97 bits per heavy atom. The lowest BCUT2D eigenvalue weighted by Gasteiger charge is -2.31. The second-order valence-electron chi connectivity index (χ2n) is 8.43. The van der Waals surface area contributed by atoms with E-state index in [1.54, 1.807) is 18.5 Å². The third kappa shape index (κ3) is 4.20. The average Bonchev–Trinajstić information content (AvgIpc) is 3.11. The number of ether oxygens (including phenoxy) is 2. The lowest BCUT2D eigenvalue weighted by molar-refractivity contribution is -0.111. The molecule has 3 heterocycles. The number of aromatic nitrogens is 2. The Hall–Kier alpha value is -3.13. The Morgan fingerprint density at radius 3 is 2.61 bits per heavy atom. The Labute approximate surface area is 182 Å². The minimum atomic E-state index is -0.353. The van der Waals surface area contributed by atoms with Crippen molar-refractivity contribution in [2.45, 2.75) is 32.8 Å². The average molecular weight is 424 g/mol. The van der Waals surface area contributed by atoms with Crippen molar-refractivity contribution in [1.29, 1.82) is 0 Å². The molecule has 0 saturated carbocycles. The molecule has 8 heteroatoms. The first-order chi connectivity index (χ1) is 14.9. The fourth-order valence-electron chi connectivity index (χ4n) is 3.88. The summed E-state index contributed by atoms with van der Waals surface area (Å²) < 4.78 is 11.9. The van der Waals surface area contributed by atoms with Crippen LogP contribution in [0.2, 0.25) is 0 Å². The zero-order valence-corrected chi connectivity index (χ0v) is 18.2. The van der Waals surface area contributed by atoms with Gasteiger partial charge in [0, 0.05) is 49.7 Å². The fraction of sp³-hybridized carbons (Fsp3) is 0.435. The van der Waals surface area contributed by atoms with Gasteiger partial charge >= 0.3 is 0 Å². The summed E-state index contributed by atoms with van der Waals surface area (Å²) in [6, 6.07) is 5.75. The summed E-state index contributed by atoms with van der Waals surface area (Å²) in [6.45, 7) is 9.22. The lowest BCUT2D eigenvalue weighted by atomic mass is 9.88. The molecule has 1 atom stereocenters. The van der Waals surface area contributed by atoms with Crippen LogP contribution >= 0.6 is 0 Å². The van der Waals surface area contributed by atoms with Crippen molar-refractivity contribution in [2.75, 3.05) is 36.5 Å². The van der Waals surface area contributed by atoms with Crippen LogP contribution in [0.25, 0.3) is 5.57 Å². The Kier molecular flexibility index (Phi) is 5.82. The van der Waals surface area contributed by atoms with Gasteiger partial charge in [0.05, 0.1) is 30.2 Å². The maximum Gasteiger partial charge on any atom is 0.261 e. The molecule has 0 aliphatic carbocycles. The van der Waals surface area contributed by atoms with Gasteiger partial charge in [-0.3, -0.25) is 4.79 Å². The molecule has 0 radical (unpaired) electrons. The summed E-state index contributed by atoms with van der Waals surface area (Å²) >= 11 is 0. The zero-order chi connectivity index (χ0) is 22.0. The van der Waals surface area contributed by atoms with Crippen LogP contribution in [0.5, 0.6) is 5.75 Å². The van der Waals surface area contributed by atoms with Gasteiger partial charge in [0.2, 0.25) is 0 Å². The number of hydrogen-bond acceptors (Lipinski definition) is 7. The van der Waals surface area contributed by atoms with Crippen LogP contribution in [0.3, 0.4) is 0 Å². The Bertz CT molecular complexity index is 986. The zero-order valence-electron chi connectivity index (χ0n) is 18.2. The lowest BCUT2D eigenvalue weighted by Crippen LogP contribution is -2.37. The second kappa shape index (κ2) is 8.55. The molecule has 0 unspecified atom stereocenters. The highest BCUT2D eigenvalue weighted by molar-refractivity contribution is 6.24. The van der Waals surface area contributed by atoms with E-state index in [9.17, 15) is 4.79 Å². The normalized spacial score (nSPS) is 21.0. The molecule has 0 spiro atoms. The van der Waals surface area contributed by atoms with Crippen LogP contribution in [0, 0.1) is 5.92 Å². The van der Waals surface area contributed by atoms with Crippen molar-refractivity contribution in [1.82, 2.24) is 9.97 Å². The largest absolute Gasteiger partial charge is 0.487 e. The van der Waals surface area contributed by atoms with Crippen molar-refractivity contribution in [3.05, 3.63) is 48.2 Å². The minimum Gasteiger partial charge on any atom is -0.487 e. The molecule has 1 aromatic heterocycles. The van der Waals surface area contributed by atoms with Gasteiger partial charge in [-0.2, -0.15) is 0 Å². The number of carbonyl (C=O) groups is 1. The van der Waals surface area contributed by atoms with E-state index in [4.69, 9.17) is 15.2 Å². The predicted molar refractivity (Wildman–Crippen MR) is 120 cm³/mol. The van der Waals surface area contributed by atoms with Crippen LogP contribution in [-0.4, -0.2) is 47.8 Å². The summed E-state index contributed by atoms with van der Waals surface area (Å²) in [4.78, 5) is 23.6. The summed E-state index contributed by atoms with van der Waals surface area (Å²) in [6.07, 6.45) is 5.19. The summed E-state index contributed by atoms with van der Waals surface area (Å²) in [5, 5.41) is 3.04. The molecule has 2 aliphatic rings. The number of fused-ring (bicyclic) bond motifs is 1. The molecule has 164 valence electrons. The van der Waals surface area contributed by atoms with Gasteiger partial charge in [0.25, 0.3) is 5.91 Å². The number of hydrogen-bond donors (Lipinski definition) is 2. The molecule has 1 aromatic carbocycles. The quantitative estimate of drug-likeness (QED) is 0.713. The van der Waals surface area contributed by atoms with Gasteiger partial charge in [0.15, 0.2) is 5.82 Å². The fourth-order valence-corrected chi connectivity index (χ4v) is 3.88. The van der Waals surface area contributed by atoms with Crippen LogP contribution in [-0.2, 0) is 16.0 Å². The molecule has 3 N–H and O–H groups in total. The van der Waals surface area contributed by atoms with E-state index in [0.29, 0.717) is 19.1 Å². The van der Waals surface area contributed by atoms with Gasteiger partial charge < -0.3 is 25.4 Å². The first-order valence-electron chi connectivity index (χ1n) is 10.6. The maximum atomic E-state index is 13.1. The van der Waals surface area contributed by atoms with Crippen LogP contribution in [0.1, 0.15) is 32.2 Å².